The van der Waals surface area contributed by atoms with Crippen molar-refractivity contribution >= 4 is 43.7 Å². The van der Waals surface area contributed by atoms with Crippen molar-refractivity contribution in [2.24, 2.45) is 0 Å². The fraction of sp³-hybridized carbons (Fsp3) is 0.193. The zero-order valence-corrected chi connectivity index (χ0v) is 39.2. The van der Waals surface area contributed by atoms with Crippen molar-refractivity contribution in [1.29, 1.82) is 0 Å². The average molecular weight is 1000 g/mol. The van der Waals surface area contributed by atoms with E-state index in [9.17, 15) is 5.11 Å². The molecule has 0 aliphatic carbocycles. The van der Waals surface area contributed by atoms with Crippen molar-refractivity contribution in [3.05, 3.63) is 180 Å². The van der Waals surface area contributed by atoms with Crippen molar-refractivity contribution in [3.63, 3.8) is 0 Å². The number of hydrogen-bond acceptors (Lipinski definition) is 4. The largest absolute Gasteiger partial charge is 0.507 e. The fourth-order valence-electron chi connectivity index (χ4n) is 9.02. The van der Waals surface area contributed by atoms with E-state index in [0.717, 1.165) is 88.5 Å². The Labute approximate surface area is 383 Å². The number of aromatic nitrogens is 3. The Kier molecular flexibility index (Phi) is 10.3. The van der Waals surface area contributed by atoms with E-state index in [0.29, 0.717) is 11.4 Å². The molecule has 0 aliphatic rings. The van der Waals surface area contributed by atoms with Gasteiger partial charge in [-0.15, -0.1) is 29.3 Å². The molecule has 0 atom stereocenters. The summed E-state index contributed by atoms with van der Waals surface area (Å²) >= 11 is 0. The van der Waals surface area contributed by atoms with E-state index in [1.165, 1.54) is 5.56 Å². The van der Waals surface area contributed by atoms with E-state index in [1.807, 2.05) is 30.5 Å². The maximum atomic E-state index is 12.3. The van der Waals surface area contributed by atoms with Gasteiger partial charge in [-0.3, -0.25) is 9.55 Å². The smallest absolute Gasteiger partial charge is 0.148 e. The first-order chi connectivity index (χ1) is 29.7. The number of hydrogen-bond donors (Lipinski definition) is 1. The Morgan fingerprint density at radius 2 is 1.30 bits per heavy atom. The summed E-state index contributed by atoms with van der Waals surface area (Å²) in [5.74, 6) is 0.927. The van der Waals surface area contributed by atoms with Gasteiger partial charge in [0, 0.05) is 65.8 Å². The first kappa shape index (κ1) is 42.0. The van der Waals surface area contributed by atoms with Gasteiger partial charge >= 0.3 is 0 Å². The molecule has 0 radical (unpaired) electrons. The van der Waals surface area contributed by atoms with Crippen LogP contribution in [0.3, 0.4) is 0 Å². The Hall–Kier alpha value is -6.29. The van der Waals surface area contributed by atoms with Crippen LogP contribution in [0.5, 0.6) is 5.75 Å². The summed E-state index contributed by atoms with van der Waals surface area (Å²) in [6.45, 7) is 17.7. The van der Waals surface area contributed by atoms with E-state index in [4.69, 9.17) is 14.4 Å². The third kappa shape index (κ3) is 7.17. The molecule has 10 aromatic rings. The molecule has 0 unspecified atom stereocenters. The summed E-state index contributed by atoms with van der Waals surface area (Å²) in [5, 5.41) is 16.5. The number of phenolic OH excluding ortho intramolecular Hbond substituents is 1. The molecule has 10 rings (SSSR count). The Bertz CT molecular complexity index is 3350. The average Bonchev–Trinajstić information content (AvgIpc) is 3.85. The predicted molar refractivity (Wildman–Crippen MR) is 256 cm³/mol. The van der Waals surface area contributed by atoms with Gasteiger partial charge in [-0.2, -0.15) is 0 Å². The van der Waals surface area contributed by atoms with Crippen molar-refractivity contribution in [3.8, 4) is 45.2 Å². The zero-order valence-electron chi connectivity index (χ0n) is 36.9. The van der Waals surface area contributed by atoms with Gasteiger partial charge in [0.1, 0.15) is 22.7 Å². The quantitative estimate of drug-likeness (QED) is 0.169. The van der Waals surface area contributed by atoms with Crippen LogP contribution in [-0.2, 0) is 37.3 Å². The topological polar surface area (TPSA) is 64.1 Å². The maximum absolute atomic E-state index is 12.3. The monoisotopic (exact) mass is 1000 g/mol. The molecule has 6 heteroatoms. The van der Waals surface area contributed by atoms with Crippen LogP contribution in [0.25, 0.3) is 83.2 Å². The minimum absolute atomic E-state index is 0. The molecular formula is C57H50N3O2Pt-. The predicted octanol–water partition coefficient (Wildman–Crippen LogP) is 14.9. The second-order valence-electron chi connectivity index (χ2n) is 19.2. The molecule has 0 amide bonds. The standard InChI is InChI=1S/C57H50N3O2.Pt/c1-55(2,3)39-33-45(52(61)46(34-39)56(4,5)6)54-59-51-42(24-17-25-47(51)60(54)41-21-13-10-14-22-41)36-30-37(32-40(31-36)57(7,8)38-19-11-9-12-20-38)50-49-44-27-26-35-18-15-16-23-43(35)53(44)62-48(49)28-29-58-50;/h9-29,31-34,61H,1-8H3;/q-1;. The van der Waals surface area contributed by atoms with Crippen molar-refractivity contribution in [1.82, 2.24) is 14.5 Å². The minimum atomic E-state index is -0.382. The summed E-state index contributed by atoms with van der Waals surface area (Å²) in [6, 6.07) is 54.7. The van der Waals surface area contributed by atoms with Crippen LogP contribution in [0.1, 0.15) is 77.6 Å². The van der Waals surface area contributed by atoms with Gasteiger partial charge in [-0.25, -0.2) is 4.98 Å². The molecule has 7 aromatic carbocycles. The SMILES string of the molecule is CC(C)(C)c1cc(-c2nc3c(-c4[c-]c(-c5nccc6oc7c8ccccc8ccc7c56)cc(C(C)(C)c5ccccc5)c4)cccc3n2-c2ccccc2)c(O)c(C(C)(C)C)c1.[Pt]. The number of benzene rings is 7. The molecule has 316 valence electrons. The summed E-state index contributed by atoms with van der Waals surface area (Å²) in [5.41, 5.74) is 12.0. The number of para-hydroxylation sites is 2. The second kappa shape index (κ2) is 15.5. The van der Waals surface area contributed by atoms with Crippen LogP contribution >= 0.6 is 0 Å². The molecule has 63 heavy (non-hydrogen) atoms. The molecule has 0 spiro atoms. The molecule has 1 N–H and O–H groups in total. The van der Waals surface area contributed by atoms with Crippen molar-refractivity contribution < 1.29 is 30.6 Å². The first-order valence-electron chi connectivity index (χ1n) is 21.5. The van der Waals surface area contributed by atoms with Crippen LogP contribution in [0.4, 0.5) is 0 Å². The van der Waals surface area contributed by atoms with Gasteiger partial charge in [-0.1, -0.05) is 170 Å². The third-order valence-electron chi connectivity index (χ3n) is 12.6. The summed E-state index contributed by atoms with van der Waals surface area (Å²) < 4.78 is 8.84. The van der Waals surface area contributed by atoms with Crippen LogP contribution < -0.4 is 0 Å². The zero-order chi connectivity index (χ0) is 43.1. The second-order valence-corrected chi connectivity index (χ2v) is 19.2. The van der Waals surface area contributed by atoms with Crippen LogP contribution in [-0.4, -0.2) is 19.6 Å². The Morgan fingerprint density at radius 3 is 2.03 bits per heavy atom. The molecule has 3 heterocycles. The number of fused-ring (bicyclic) bond motifs is 6. The minimum Gasteiger partial charge on any atom is -0.507 e. The van der Waals surface area contributed by atoms with E-state index in [2.05, 4.69) is 187 Å². The molecule has 5 nitrogen and oxygen atoms in total. The van der Waals surface area contributed by atoms with Crippen LogP contribution in [0, 0.1) is 6.07 Å². The Balaban J connectivity index is 0.00000504. The third-order valence-corrected chi connectivity index (χ3v) is 12.6. The van der Waals surface area contributed by atoms with Crippen molar-refractivity contribution in [2.45, 2.75) is 71.6 Å². The first-order valence-corrected chi connectivity index (χ1v) is 21.5. The van der Waals surface area contributed by atoms with Gasteiger partial charge < -0.3 is 9.52 Å². The van der Waals surface area contributed by atoms with E-state index in [-0.39, 0.29) is 43.1 Å². The number of nitrogens with zero attached hydrogens (tertiary/aromatic N) is 3. The van der Waals surface area contributed by atoms with E-state index >= 15 is 0 Å². The number of imidazole rings is 1. The number of furan rings is 1. The normalized spacial score (nSPS) is 12.4. The van der Waals surface area contributed by atoms with Gasteiger partial charge in [0.2, 0.25) is 0 Å². The van der Waals surface area contributed by atoms with E-state index < -0.39 is 0 Å². The van der Waals surface area contributed by atoms with Crippen LogP contribution in [0.15, 0.2) is 156 Å². The number of rotatable bonds is 6. The molecule has 0 aliphatic heterocycles. The van der Waals surface area contributed by atoms with Gasteiger partial charge in [0.25, 0.3) is 0 Å². The summed E-state index contributed by atoms with van der Waals surface area (Å²) in [4.78, 5) is 10.7. The van der Waals surface area contributed by atoms with Gasteiger partial charge in [0.15, 0.2) is 0 Å². The number of pyridine rings is 1. The molecule has 0 bridgehead atoms. The van der Waals surface area contributed by atoms with E-state index in [1.54, 1.807) is 0 Å². The molecular weight excluding hydrogens is 954 g/mol. The molecule has 0 fully saturated rings. The summed E-state index contributed by atoms with van der Waals surface area (Å²) in [7, 11) is 0. The number of aromatic hydroxyl groups is 1. The fourth-order valence-corrected chi connectivity index (χ4v) is 9.02. The van der Waals surface area contributed by atoms with Gasteiger partial charge in [0.05, 0.1) is 16.6 Å². The molecule has 3 aromatic heterocycles. The van der Waals surface area contributed by atoms with Gasteiger partial charge in [-0.05, 0) is 57.7 Å². The Morgan fingerprint density at radius 1 is 0.603 bits per heavy atom. The number of phenols is 1. The maximum Gasteiger partial charge on any atom is 0.148 e. The summed E-state index contributed by atoms with van der Waals surface area (Å²) in [6.07, 6.45) is 1.84. The molecule has 0 saturated heterocycles. The molecule has 0 saturated carbocycles. The van der Waals surface area contributed by atoms with Crippen molar-refractivity contribution in [2.75, 3.05) is 0 Å². The van der Waals surface area contributed by atoms with Crippen LogP contribution in [0.2, 0.25) is 0 Å².